The smallest absolute Gasteiger partial charge is 0.255 e. The molecule has 0 spiro atoms. The summed E-state index contributed by atoms with van der Waals surface area (Å²) in [5.74, 6) is 0.326. The van der Waals surface area contributed by atoms with Gasteiger partial charge in [-0.15, -0.1) is 11.3 Å². The Bertz CT molecular complexity index is 607. The highest BCUT2D eigenvalue weighted by Crippen LogP contribution is 2.28. The summed E-state index contributed by atoms with van der Waals surface area (Å²) in [5.41, 5.74) is 0.766. The largest absolute Gasteiger partial charge is 0.391 e. The second kappa shape index (κ2) is 4.94. The van der Waals surface area contributed by atoms with Crippen molar-refractivity contribution in [2.24, 2.45) is 5.92 Å². The van der Waals surface area contributed by atoms with Gasteiger partial charge in [-0.1, -0.05) is 25.1 Å². The Hall–Kier alpha value is -1.39. The summed E-state index contributed by atoms with van der Waals surface area (Å²) < 4.78 is 1.14. The minimum absolute atomic E-state index is 0.0448. The van der Waals surface area contributed by atoms with E-state index in [0.29, 0.717) is 6.54 Å². The Balaban J connectivity index is 1.88. The number of carbonyl (C=O) groups excluding carboxylic acids is 1. The SMILES string of the molecule is CC1CCN(C(=O)c2csc3ccccc23)CC1O. The number of hydrogen-bond acceptors (Lipinski definition) is 3. The standard InChI is InChI=1S/C15H17NO2S/c1-10-6-7-16(8-13(10)17)15(18)12-9-19-14-5-3-2-4-11(12)14/h2-5,9-10,13,17H,6-8H2,1H3. The molecule has 1 aliphatic rings. The number of amides is 1. The van der Waals surface area contributed by atoms with Gasteiger partial charge in [0.25, 0.3) is 5.91 Å². The zero-order valence-corrected chi connectivity index (χ0v) is 11.7. The van der Waals surface area contributed by atoms with Crippen molar-refractivity contribution in [1.82, 2.24) is 4.90 Å². The van der Waals surface area contributed by atoms with Crippen LogP contribution < -0.4 is 0 Å². The maximum Gasteiger partial charge on any atom is 0.255 e. The van der Waals surface area contributed by atoms with E-state index in [9.17, 15) is 9.90 Å². The van der Waals surface area contributed by atoms with Crippen LogP contribution in [0.25, 0.3) is 10.1 Å². The second-order valence-corrected chi connectivity index (χ2v) is 6.14. The first-order valence-corrected chi connectivity index (χ1v) is 7.48. The van der Waals surface area contributed by atoms with Crippen LogP contribution in [0.1, 0.15) is 23.7 Å². The highest BCUT2D eigenvalue weighted by atomic mass is 32.1. The molecular formula is C15H17NO2S. The summed E-state index contributed by atoms with van der Waals surface area (Å²) >= 11 is 1.60. The number of aliphatic hydroxyl groups excluding tert-OH is 1. The number of nitrogens with zero attached hydrogens (tertiary/aromatic N) is 1. The molecule has 2 unspecified atom stereocenters. The fourth-order valence-electron chi connectivity index (χ4n) is 2.55. The average Bonchev–Trinajstić information content (AvgIpc) is 2.85. The summed E-state index contributed by atoms with van der Waals surface area (Å²) in [4.78, 5) is 14.3. The molecule has 3 rings (SSSR count). The fraction of sp³-hybridized carbons (Fsp3) is 0.400. The van der Waals surface area contributed by atoms with Gasteiger partial charge in [-0.25, -0.2) is 0 Å². The van der Waals surface area contributed by atoms with Crippen molar-refractivity contribution in [1.29, 1.82) is 0 Å². The molecule has 1 fully saturated rings. The number of β-amino-alcohol motifs (C(OH)–C–C–N with tert-alkyl or cyclic N) is 1. The molecule has 1 N–H and O–H groups in total. The number of likely N-dealkylation sites (tertiary alicyclic amines) is 1. The summed E-state index contributed by atoms with van der Waals surface area (Å²) in [6.45, 7) is 3.22. The monoisotopic (exact) mass is 275 g/mol. The predicted molar refractivity (Wildman–Crippen MR) is 77.5 cm³/mol. The van der Waals surface area contributed by atoms with E-state index in [-0.39, 0.29) is 11.8 Å². The van der Waals surface area contributed by atoms with E-state index in [0.717, 1.165) is 28.6 Å². The Morgan fingerprint density at radius 1 is 1.42 bits per heavy atom. The number of carbonyl (C=O) groups is 1. The van der Waals surface area contributed by atoms with Crippen LogP contribution in [0.3, 0.4) is 0 Å². The molecule has 4 heteroatoms. The van der Waals surface area contributed by atoms with Crippen molar-refractivity contribution in [3.05, 3.63) is 35.2 Å². The van der Waals surface area contributed by atoms with E-state index < -0.39 is 6.10 Å². The van der Waals surface area contributed by atoms with Crippen molar-refractivity contribution in [3.63, 3.8) is 0 Å². The van der Waals surface area contributed by atoms with Crippen LogP contribution in [0.4, 0.5) is 0 Å². The van der Waals surface area contributed by atoms with Gasteiger partial charge in [-0.05, 0) is 18.4 Å². The zero-order chi connectivity index (χ0) is 13.4. The van der Waals surface area contributed by atoms with Gasteiger partial charge < -0.3 is 10.0 Å². The number of fused-ring (bicyclic) bond motifs is 1. The molecule has 1 aromatic carbocycles. The van der Waals surface area contributed by atoms with Crippen LogP contribution in [0.2, 0.25) is 0 Å². The van der Waals surface area contributed by atoms with Gasteiger partial charge in [0.2, 0.25) is 0 Å². The fourth-order valence-corrected chi connectivity index (χ4v) is 3.48. The molecule has 1 aliphatic heterocycles. The Labute approximate surface area is 116 Å². The summed E-state index contributed by atoms with van der Waals surface area (Å²) in [7, 11) is 0. The van der Waals surface area contributed by atoms with Gasteiger partial charge >= 0.3 is 0 Å². The first kappa shape index (κ1) is 12.6. The quantitative estimate of drug-likeness (QED) is 0.869. The maximum atomic E-state index is 12.5. The summed E-state index contributed by atoms with van der Waals surface area (Å²) in [5, 5.41) is 12.9. The van der Waals surface area contributed by atoms with Crippen LogP contribution in [0.15, 0.2) is 29.6 Å². The Morgan fingerprint density at radius 3 is 3.00 bits per heavy atom. The summed E-state index contributed by atoms with van der Waals surface area (Å²) in [6.07, 6.45) is 0.470. The molecule has 2 aromatic rings. The molecule has 1 saturated heterocycles. The van der Waals surface area contributed by atoms with Crippen LogP contribution in [-0.4, -0.2) is 35.1 Å². The highest BCUT2D eigenvalue weighted by Gasteiger charge is 2.28. The molecule has 2 heterocycles. The van der Waals surface area contributed by atoms with Crippen molar-refractivity contribution < 1.29 is 9.90 Å². The number of rotatable bonds is 1. The van der Waals surface area contributed by atoms with Crippen molar-refractivity contribution in [3.8, 4) is 0 Å². The lowest BCUT2D eigenvalue weighted by molar-refractivity contribution is 0.0250. The van der Waals surface area contributed by atoms with Crippen molar-refractivity contribution >= 4 is 27.3 Å². The predicted octanol–water partition coefficient (Wildman–Crippen LogP) is 2.74. The number of hydrogen-bond donors (Lipinski definition) is 1. The molecule has 0 saturated carbocycles. The number of piperidine rings is 1. The molecule has 1 aromatic heterocycles. The highest BCUT2D eigenvalue weighted by molar-refractivity contribution is 7.17. The molecule has 1 amide bonds. The third-order valence-electron chi connectivity index (χ3n) is 3.92. The minimum atomic E-state index is -0.400. The molecule has 0 bridgehead atoms. The van der Waals surface area contributed by atoms with E-state index in [4.69, 9.17) is 0 Å². The molecule has 19 heavy (non-hydrogen) atoms. The van der Waals surface area contributed by atoms with Gasteiger partial charge in [0.15, 0.2) is 0 Å². The number of thiophene rings is 1. The topological polar surface area (TPSA) is 40.5 Å². The van der Waals surface area contributed by atoms with E-state index in [2.05, 4.69) is 0 Å². The second-order valence-electron chi connectivity index (χ2n) is 5.23. The van der Waals surface area contributed by atoms with Gasteiger partial charge in [0.1, 0.15) is 0 Å². The third kappa shape index (κ3) is 2.26. The van der Waals surface area contributed by atoms with E-state index in [1.165, 1.54) is 0 Å². The lowest BCUT2D eigenvalue weighted by Gasteiger charge is -2.34. The summed E-state index contributed by atoms with van der Waals surface area (Å²) in [6, 6.07) is 7.96. The van der Waals surface area contributed by atoms with E-state index in [1.54, 1.807) is 16.2 Å². The normalized spacial score (nSPS) is 23.8. The third-order valence-corrected chi connectivity index (χ3v) is 4.88. The lowest BCUT2D eigenvalue weighted by atomic mass is 9.95. The molecular weight excluding hydrogens is 258 g/mol. The van der Waals surface area contributed by atoms with Crippen LogP contribution in [0.5, 0.6) is 0 Å². The Kier molecular flexibility index (Phi) is 3.29. The maximum absolute atomic E-state index is 12.5. The van der Waals surface area contributed by atoms with Gasteiger partial charge in [-0.3, -0.25) is 4.79 Å². The van der Waals surface area contributed by atoms with Gasteiger partial charge in [0, 0.05) is 28.6 Å². The van der Waals surface area contributed by atoms with Crippen molar-refractivity contribution in [2.45, 2.75) is 19.4 Å². The van der Waals surface area contributed by atoms with Gasteiger partial charge in [0.05, 0.1) is 11.7 Å². The van der Waals surface area contributed by atoms with Crippen LogP contribution >= 0.6 is 11.3 Å². The number of benzene rings is 1. The van der Waals surface area contributed by atoms with Crippen LogP contribution in [0, 0.1) is 5.92 Å². The van der Waals surface area contributed by atoms with E-state index in [1.807, 2.05) is 36.6 Å². The number of aliphatic hydroxyl groups is 1. The van der Waals surface area contributed by atoms with Crippen molar-refractivity contribution in [2.75, 3.05) is 13.1 Å². The molecule has 100 valence electrons. The lowest BCUT2D eigenvalue weighted by Crippen LogP contribution is -2.45. The molecule has 3 nitrogen and oxygen atoms in total. The van der Waals surface area contributed by atoms with E-state index >= 15 is 0 Å². The van der Waals surface area contributed by atoms with Gasteiger partial charge in [-0.2, -0.15) is 0 Å². The Morgan fingerprint density at radius 2 is 2.21 bits per heavy atom. The minimum Gasteiger partial charge on any atom is -0.391 e. The molecule has 0 aliphatic carbocycles. The first-order valence-electron chi connectivity index (χ1n) is 6.60. The van der Waals surface area contributed by atoms with Crippen LogP contribution in [-0.2, 0) is 0 Å². The first-order chi connectivity index (χ1) is 9.16. The average molecular weight is 275 g/mol. The molecule has 2 atom stereocenters. The zero-order valence-electron chi connectivity index (χ0n) is 10.9. The molecule has 0 radical (unpaired) electrons.